The summed E-state index contributed by atoms with van der Waals surface area (Å²) in [5.41, 5.74) is -0.758. The smallest absolute Gasteiger partial charge is 0.305 e. The molecule has 0 saturated heterocycles. The number of rotatable bonds is 6. The summed E-state index contributed by atoms with van der Waals surface area (Å²) in [5, 5.41) is 13.4. The lowest BCUT2D eigenvalue weighted by atomic mass is 10.1. The quantitative estimate of drug-likeness (QED) is 0.640. The number of halogens is 2. The van der Waals surface area contributed by atoms with E-state index in [4.69, 9.17) is 0 Å². The maximum atomic E-state index is 13.4. The van der Waals surface area contributed by atoms with Crippen LogP contribution < -0.4 is 5.32 Å². The molecule has 0 bridgehead atoms. The number of benzene rings is 1. The fourth-order valence-corrected chi connectivity index (χ4v) is 2.37. The molecule has 106 valence electrons. The summed E-state index contributed by atoms with van der Waals surface area (Å²) in [7, 11) is -0.999. The monoisotopic (exact) mass is 292 g/mol. The molecule has 2 atom stereocenters. The molecule has 0 fully saturated rings. The van der Waals surface area contributed by atoms with E-state index in [-0.39, 0.29) is 18.2 Å². The highest BCUT2D eigenvalue weighted by Gasteiger charge is 2.18. The van der Waals surface area contributed by atoms with Crippen molar-refractivity contribution in [2.75, 3.05) is 12.0 Å². The molecule has 1 aromatic carbocycles. The maximum absolute atomic E-state index is 13.4. The molecule has 0 aromatic heterocycles. The fourth-order valence-electron chi connectivity index (χ4n) is 1.55. The molecule has 2 unspecified atom stereocenters. The molecule has 1 aromatic rings. The highest BCUT2D eigenvalue weighted by atomic mass is 32.2. The molecule has 1 rings (SSSR count). The van der Waals surface area contributed by atoms with E-state index >= 15 is 0 Å². The van der Waals surface area contributed by atoms with Crippen LogP contribution in [0.3, 0.4) is 0 Å². The third-order valence-electron chi connectivity index (χ3n) is 2.44. The van der Waals surface area contributed by atoms with Crippen molar-refractivity contribution in [1.29, 1.82) is 0 Å². The van der Waals surface area contributed by atoms with Gasteiger partial charge in [-0.05, 0) is 6.92 Å². The molecular formula is C11H14F2N2O3S. The second-order valence-corrected chi connectivity index (χ2v) is 5.65. The SMILES string of the molecule is CC(CS(C)=O)NCc1cc([N+](=O)[O-])c(F)cc1F. The normalized spacial score (nSPS) is 14.1. The molecule has 5 nitrogen and oxygen atoms in total. The van der Waals surface area contributed by atoms with Crippen LogP contribution in [-0.2, 0) is 17.3 Å². The van der Waals surface area contributed by atoms with Gasteiger partial charge in [-0.3, -0.25) is 14.3 Å². The van der Waals surface area contributed by atoms with Crippen molar-refractivity contribution in [3.8, 4) is 0 Å². The van der Waals surface area contributed by atoms with Crippen LogP contribution in [0.5, 0.6) is 0 Å². The minimum absolute atomic E-state index is 0.00170. The van der Waals surface area contributed by atoms with Crippen molar-refractivity contribution in [3.05, 3.63) is 39.4 Å². The van der Waals surface area contributed by atoms with Gasteiger partial charge in [-0.25, -0.2) is 4.39 Å². The first-order valence-electron chi connectivity index (χ1n) is 5.47. The number of nitro groups is 1. The average molecular weight is 292 g/mol. The van der Waals surface area contributed by atoms with Crippen molar-refractivity contribution >= 4 is 16.5 Å². The summed E-state index contributed by atoms with van der Waals surface area (Å²) in [4.78, 5) is 9.65. The van der Waals surface area contributed by atoms with Gasteiger partial charge in [0, 0.05) is 53.1 Å². The van der Waals surface area contributed by atoms with Crippen molar-refractivity contribution in [1.82, 2.24) is 5.32 Å². The summed E-state index contributed by atoms with van der Waals surface area (Å²) >= 11 is 0. The van der Waals surface area contributed by atoms with E-state index in [0.29, 0.717) is 11.8 Å². The van der Waals surface area contributed by atoms with Gasteiger partial charge < -0.3 is 5.32 Å². The van der Waals surface area contributed by atoms with Crippen LogP contribution in [0, 0.1) is 21.7 Å². The Hall–Kier alpha value is -1.41. The largest absolute Gasteiger partial charge is 0.309 e. The van der Waals surface area contributed by atoms with Gasteiger partial charge in [-0.2, -0.15) is 4.39 Å². The average Bonchev–Trinajstić information content (AvgIpc) is 2.26. The Kier molecular flexibility index (Phi) is 5.49. The van der Waals surface area contributed by atoms with Crippen molar-refractivity contribution < 1.29 is 17.9 Å². The number of nitrogens with one attached hydrogen (secondary N) is 1. The number of nitrogens with zero attached hydrogens (tertiary/aromatic N) is 1. The zero-order valence-corrected chi connectivity index (χ0v) is 11.3. The van der Waals surface area contributed by atoms with Gasteiger partial charge in [-0.15, -0.1) is 0 Å². The van der Waals surface area contributed by atoms with Crippen LogP contribution in [-0.4, -0.2) is 27.2 Å². The lowest BCUT2D eigenvalue weighted by Gasteiger charge is -2.12. The van der Waals surface area contributed by atoms with Crippen molar-refractivity contribution in [2.24, 2.45) is 0 Å². The van der Waals surface area contributed by atoms with Gasteiger partial charge in [-0.1, -0.05) is 0 Å². The second kappa shape index (κ2) is 6.67. The van der Waals surface area contributed by atoms with Gasteiger partial charge >= 0.3 is 5.69 Å². The van der Waals surface area contributed by atoms with Gasteiger partial charge in [0.05, 0.1) is 4.92 Å². The molecule has 0 amide bonds. The first-order valence-corrected chi connectivity index (χ1v) is 7.19. The lowest BCUT2D eigenvalue weighted by molar-refractivity contribution is -0.387. The number of nitro benzene ring substituents is 1. The third kappa shape index (κ3) is 4.64. The standard InChI is InChI=1S/C11H14F2N2O3S/c1-7(6-19(2)18)14-5-8-3-11(15(16)17)10(13)4-9(8)12/h3-4,7,14H,5-6H2,1-2H3. The third-order valence-corrected chi connectivity index (χ3v) is 3.41. The highest BCUT2D eigenvalue weighted by Crippen LogP contribution is 2.21. The summed E-state index contributed by atoms with van der Waals surface area (Å²) in [5.74, 6) is -1.67. The minimum atomic E-state index is -1.20. The van der Waals surface area contributed by atoms with E-state index in [1.807, 2.05) is 0 Å². The Labute approximate surface area is 111 Å². The summed E-state index contributed by atoms with van der Waals surface area (Å²) in [6.07, 6.45) is 1.54. The molecule has 0 aliphatic rings. The van der Waals surface area contributed by atoms with Gasteiger partial charge in [0.15, 0.2) is 0 Å². The van der Waals surface area contributed by atoms with Crippen LogP contribution in [0.2, 0.25) is 0 Å². The van der Waals surface area contributed by atoms with Gasteiger partial charge in [0.1, 0.15) is 5.82 Å². The van der Waals surface area contributed by atoms with E-state index in [9.17, 15) is 23.1 Å². The molecular weight excluding hydrogens is 278 g/mol. The van der Waals surface area contributed by atoms with Crippen LogP contribution >= 0.6 is 0 Å². The van der Waals surface area contributed by atoms with Gasteiger partial charge in [0.2, 0.25) is 5.82 Å². The molecule has 0 radical (unpaired) electrons. The van der Waals surface area contributed by atoms with E-state index in [2.05, 4.69) is 5.32 Å². The predicted octanol–water partition coefficient (Wildman–Crippen LogP) is 1.73. The summed E-state index contributed by atoms with van der Waals surface area (Å²) in [6.45, 7) is 1.77. The van der Waals surface area contributed by atoms with Crippen LogP contribution in [0.1, 0.15) is 12.5 Å². The molecule has 1 N–H and O–H groups in total. The van der Waals surface area contributed by atoms with E-state index < -0.39 is 33.0 Å². The second-order valence-electron chi connectivity index (χ2n) is 4.17. The Balaban J connectivity index is 2.81. The summed E-state index contributed by atoms with van der Waals surface area (Å²) in [6, 6.07) is 1.22. The van der Waals surface area contributed by atoms with E-state index in [0.717, 1.165) is 6.07 Å². The Morgan fingerprint density at radius 3 is 2.58 bits per heavy atom. The zero-order chi connectivity index (χ0) is 14.6. The first-order chi connectivity index (χ1) is 8.81. The zero-order valence-electron chi connectivity index (χ0n) is 10.5. The molecule has 0 aliphatic carbocycles. The van der Waals surface area contributed by atoms with Crippen LogP contribution in [0.15, 0.2) is 12.1 Å². The Morgan fingerprint density at radius 1 is 1.42 bits per heavy atom. The van der Waals surface area contributed by atoms with Gasteiger partial charge in [0.25, 0.3) is 0 Å². The molecule has 0 spiro atoms. The predicted molar refractivity (Wildman–Crippen MR) is 68.2 cm³/mol. The Bertz CT molecular complexity index is 511. The highest BCUT2D eigenvalue weighted by molar-refractivity contribution is 7.84. The molecule has 0 heterocycles. The first kappa shape index (κ1) is 15.6. The van der Waals surface area contributed by atoms with Crippen LogP contribution in [0.25, 0.3) is 0 Å². The molecule has 0 aliphatic heterocycles. The topological polar surface area (TPSA) is 72.2 Å². The van der Waals surface area contributed by atoms with Crippen LogP contribution in [0.4, 0.5) is 14.5 Å². The summed E-state index contributed by atoms with van der Waals surface area (Å²) < 4.78 is 37.5. The fraction of sp³-hybridized carbons (Fsp3) is 0.455. The Morgan fingerprint density at radius 2 is 2.05 bits per heavy atom. The molecule has 19 heavy (non-hydrogen) atoms. The molecule has 8 heteroatoms. The molecule has 0 saturated carbocycles. The van der Waals surface area contributed by atoms with Crippen molar-refractivity contribution in [2.45, 2.75) is 19.5 Å². The maximum Gasteiger partial charge on any atom is 0.305 e. The van der Waals surface area contributed by atoms with E-state index in [1.165, 1.54) is 0 Å². The number of hydrogen-bond donors (Lipinski definition) is 1. The van der Waals surface area contributed by atoms with E-state index in [1.54, 1.807) is 13.2 Å². The minimum Gasteiger partial charge on any atom is -0.309 e. The number of hydrogen-bond acceptors (Lipinski definition) is 4. The van der Waals surface area contributed by atoms with Crippen molar-refractivity contribution in [3.63, 3.8) is 0 Å². The lowest BCUT2D eigenvalue weighted by Crippen LogP contribution is -2.30.